The van der Waals surface area contributed by atoms with Gasteiger partial charge in [-0.2, -0.15) is 5.10 Å². The molecule has 0 spiro atoms. The first kappa shape index (κ1) is 13.6. The smallest absolute Gasteiger partial charge is 0.187 e. The average molecular weight is 253 g/mol. The van der Waals surface area contributed by atoms with E-state index in [9.17, 15) is 4.39 Å². The van der Waals surface area contributed by atoms with Gasteiger partial charge in [-0.15, -0.1) is 0 Å². The zero-order valence-electron chi connectivity index (χ0n) is 9.96. The molecule has 2 N–H and O–H groups in total. The van der Waals surface area contributed by atoms with Crippen LogP contribution >= 0.6 is 12.2 Å². The predicted octanol–water partition coefficient (Wildman–Crippen LogP) is 2.58. The van der Waals surface area contributed by atoms with Crippen LogP contribution in [0.2, 0.25) is 0 Å². The van der Waals surface area contributed by atoms with Gasteiger partial charge in [0.25, 0.3) is 0 Å². The van der Waals surface area contributed by atoms with Crippen LogP contribution in [-0.4, -0.2) is 10.8 Å². The summed E-state index contributed by atoms with van der Waals surface area (Å²) in [4.78, 5) is 0. The molecule has 0 atom stereocenters. The van der Waals surface area contributed by atoms with E-state index in [2.05, 4.69) is 15.8 Å². The number of hydrazone groups is 1. The standard InChI is InChI=1S/C12H16FN3S/c1-3-9(2)15-16-12(17)14-8-10-4-6-11(13)7-5-10/h4-7H,3,8H2,1-2H3,(H2,14,16,17)/b15-9-. The van der Waals surface area contributed by atoms with Crippen LogP contribution in [-0.2, 0) is 6.54 Å². The van der Waals surface area contributed by atoms with Crippen LogP contribution in [0.25, 0.3) is 0 Å². The van der Waals surface area contributed by atoms with E-state index in [1.54, 1.807) is 12.1 Å². The molecule has 0 saturated carbocycles. The number of hydrogen-bond acceptors (Lipinski definition) is 2. The van der Waals surface area contributed by atoms with Crippen molar-refractivity contribution in [3.05, 3.63) is 35.6 Å². The molecule has 0 unspecified atom stereocenters. The minimum Gasteiger partial charge on any atom is -0.357 e. The third-order valence-electron chi connectivity index (χ3n) is 2.23. The zero-order valence-corrected chi connectivity index (χ0v) is 10.8. The molecule has 3 nitrogen and oxygen atoms in total. The summed E-state index contributed by atoms with van der Waals surface area (Å²) in [6, 6.07) is 6.27. The molecule has 0 saturated heterocycles. The van der Waals surface area contributed by atoms with Gasteiger partial charge in [0.2, 0.25) is 0 Å². The fraction of sp³-hybridized carbons (Fsp3) is 0.333. The summed E-state index contributed by atoms with van der Waals surface area (Å²) in [7, 11) is 0. The van der Waals surface area contributed by atoms with Crippen molar-refractivity contribution in [3.8, 4) is 0 Å². The minimum absolute atomic E-state index is 0.238. The van der Waals surface area contributed by atoms with Gasteiger partial charge in [0.05, 0.1) is 0 Å². The number of benzene rings is 1. The van der Waals surface area contributed by atoms with Gasteiger partial charge in [0.1, 0.15) is 5.82 Å². The first-order chi connectivity index (χ1) is 8.11. The first-order valence-corrected chi connectivity index (χ1v) is 5.84. The quantitative estimate of drug-likeness (QED) is 0.492. The molecule has 0 aliphatic carbocycles. The van der Waals surface area contributed by atoms with E-state index in [1.165, 1.54) is 12.1 Å². The summed E-state index contributed by atoms with van der Waals surface area (Å²) in [5.74, 6) is -0.238. The van der Waals surface area contributed by atoms with Gasteiger partial charge in [-0.1, -0.05) is 19.1 Å². The maximum Gasteiger partial charge on any atom is 0.187 e. The van der Waals surface area contributed by atoms with Crippen LogP contribution in [0.3, 0.4) is 0 Å². The molecule has 17 heavy (non-hydrogen) atoms. The van der Waals surface area contributed by atoms with Crippen LogP contribution < -0.4 is 10.7 Å². The lowest BCUT2D eigenvalue weighted by atomic mass is 10.2. The highest BCUT2D eigenvalue weighted by Gasteiger charge is 1.96. The van der Waals surface area contributed by atoms with Gasteiger partial charge >= 0.3 is 0 Å². The molecule has 0 fully saturated rings. The first-order valence-electron chi connectivity index (χ1n) is 5.43. The van der Waals surface area contributed by atoms with Crippen molar-refractivity contribution in [1.82, 2.24) is 10.7 Å². The number of rotatable bonds is 4. The predicted molar refractivity (Wildman–Crippen MR) is 72.4 cm³/mol. The number of nitrogens with zero attached hydrogens (tertiary/aromatic N) is 1. The molecule has 92 valence electrons. The van der Waals surface area contributed by atoms with Crippen molar-refractivity contribution in [1.29, 1.82) is 0 Å². The van der Waals surface area contributed by atoms with Crippen LogP contribution in [0.15, 0.2) is 29.4 Å². The Hall–Kier alpha value is -1.49. The SMILES string of the molecule is CC/C(C)=N\NC(=S)NCc1ccc(F)cc1. The van der Waals surface area contributed by atoms with Crippen LogP contribution in [0.5, 0.6) is 0 Å². The highest BCUT2D eigenvalue weighted by molar-refractivity contribution is 7.80. The van der Waals surface area contributed by atoms with Crippen molar-refractivity contribution in [2.45, 2.75) is 26.8 Å². The van der Waals surface area contributed by atoms with Gasteiger partial charge in [-0.05, 0) is 43.3 Å². The second kappa shape index (κ2) is 6.96. The van der Waals surface area contributed by atoms with Crippen molar-refractivity contribution >= 4 is 23.0 Å². The van der Waals surface area contributed by atoms with Gasteiger partial charge < -0.3 is 5.32 Å². The lowest BCUT2D eigenvalue weighted by molar-refractivity contribution is 0.626. The fourth-order valence-electron chi connectivity index (χ4n) is 1.05. The Morgan fingerprint density at radius 3 is 2.59 bits per heavy atom. The molecule has 1 aromatic carbocycles. The molecule has 1 rings (SSSR count). The Kier molecular flexibility index (Phi) is 5.56. The van der Waals surface area contributed by atoms with E-state index in [0.717, 1.165) is 17.7 Å². The lowest BCUT2D eigenvalue weighted by Crippen LogP contribution is -2.32. The highest BCUT2D eigenvalue weighted by Crippen LogP contribution is 2.01. The Morgan fingerprint density at radius 1 is 1.35 bits per heavy atom. The van der Waals surface area contributed by atoms with Crippen LogP contribution in [0, 0.1) is 5.82 Å². The molecule has 0 bridgehead atoms. The molecule has 1 aromatic rings. The molecule has 0 amide bonds. The average Bonchev–Trinajstić information content (AvgIpc) is 2.35. The maximum absolute atomic E-state index is 12.7. The number of thiocarbonyl (C=S) groups is 1. The van der Waals surface area contributed by atoms with Crippen molar-refractivity contribution < 1.29 is 4.39 Å². The Labute approximate surface area is 106 Å². The van der Waals surface area contributed by atoms with Crippen LogP contribution in [0.4, 0.5) is 4.39 Å². The van der Waals surface area contributed by atoms with E-state index >= 15 is 0 Å². The largest absolute Gasteiger partial charge is 0.357 e. The van der Waals surface area contributed by atoms with E-state index in [-0.39, 0.29) is 5.82 Å². The van der Waals surface area contributed by atoms with Gasteiger partial charge in [-0.3, -0.25) is 5.43 Å². The molecular weight excluding hydrogens is 237 g/mol. The van der Waals surface area contributed by atoms with Gasteiger partial charge in [-0.25, -0.2) is 4.39 Å². The van der Waals surface area contributed by atoms with E-state index in [1.807, 2.05) is 13.8 Å². The molecule has 0 aromatic heterocycles. The third-order valence-corrected chi connectivity index (χ3v) is 2.46. The molecule has 0 radical (unpaired) electrons. The van der Waals surface area contributed by atoms with Gasteiger partial charge in [0, 0.05) is 12.3 Å². The van der Waals surface area contributed by atoms with E-state index in [0.29, 0.717) is 11.7 Å². The lowest BCUT2D eigenvalue weighted by Gasteiger charge is -2.07. The summed E-state index contributed by atoms with van der Waals surface area (Å²) in [5, 5.41) is 7.52. The van der Waals surface area contributed by atoms with Crippen molar-refractivity contribution in [3.63, 3.8) is 0 Å². The molecule has 0 aliphatic rings. The Morgan fingerprint density at radius 2 is 2.00 bits per heavy atom. The Balaban J connectivity index is 2.36. The summed E-state index contributed by atoms with van der Waals surface area (Å²) < 4.78 is 12.7. The Bertz CT molecular complexity index is 401. The van der Waals surface area contributed by atoms with Gasteiger partial charge in [0.15, 0.2) is 5.11 Å². The summed E-state index contributed by atoms with van der Waals surface area (Å²) in [6.45, 7) is 4.50. The van der Waals surface area contributed by atoms with E-state index < -0.39 is 0 Å². The fourth-order valence-corrected chi connectivity index (χ4v) is 1.17. The van der Waals surface area contributed by atoms with Crippen LogP contribution in [0.1, 0.15) is 25.8 Å². The number of halogens is 1. The number of nitrogens with one attached hydrogen (secondary N) is 2. The molecule has 0 aliphatic heterocycles. The highest BCUT2D eigenvalue weighted by atomic mass is 32.1. The maximum atomic E-state index is 12.7. The second-order valence-electron chi connectivity index (χ2n) is 3.62. The molecule has 5 heteroatoms. The monoisotopic (exact) mass is 253 g/mol. The molecule has 0 heterocycles. The normalized spacial score (nSPS) is 11.1. The zero-order chi connectivity index (χ0) is 12.7. The van der Waals surface area contributed by atoms with Crippen molar-refractivity contribution in [2.24, 2.45) is 5.10 Å². The van der Waals surface area contributed by atoms with Crippen molar-refractivity contribution in [2.75, 3.05) is 0 Å². The van der Waals surface area contributed by atoms with E-state index in [4.69, 9.17) is 12.2 Å². The summed E-state index contributed by atoms with van der Waals surface area (Å²) >= 11 is 5.04. The minimum atomic E-state index is -0.238. The summed E-state index contributed by atoms with van der Waals surface area (Å²) in [5.41, 5.74) is 4.70. The molecular formula is C12H16FN3S. The third kappa shape index (κ3) is 5.40. The topological polar surface area (TPSA) is 36.4 Å². The number of hydrogen-bond donors (Lipinski definition) is 2. The summed E-state index contributed by atoms with van der Waals surface area (Å²) in [6.07, 6.45) is 0.883. The second-order valence-corrected chi connectivity index (χ2v) is 4.03.